The molecule has 0 saturated carbocycles. The lowest BCUT2D eigenvalue weighted by atomic mass is 9.90. The molecule has 1 fully saturated rings. The fraction of sp³-hybridized carbons (Fsp3) is 0.391. The van der Waals surface area contributed by atoms with Gasteiger partial charge in [0, 0.05) is 25.2 Å². The van der Waals surface area contributed by atoms with Crippen molar-refractivity contribution in [2.75, 3.05) is 11.4 Å². The quantitative estimate of drug-likeness (QED) is 0.884. The highest BCUT2D eigenvalue weighted by molar-refractivity contribution is 5.95. The largest absolute Gasteiger partial charge is 0.352 e. The number of hydrogen-bond donors (Lipinski definition) is 1. The Morgan fingerprint density at radius 1 is 0.889 bits per heavy atom. The molecule has 2 amide bonds. The molecule has 4 rings (SSSR count). The Kier molecular flexibility index (Phi) is 5.23. The predicted molar refractivity (Wildman–Crippen MR) is 107 cm³/mol. The molecule has 4 nitrogen and oxygen atoms in total. The van der Waals surface area contributed by atoms with Gasteiger partial charge < -0.3 is 10.2 Å². The molecule has 1 N–H and O–H groups in total. The molecule has 27 heavy (non-hydrogen) atoms. The highest BCUT2D eigenvalue weighted by Gasteiger charge is 2.21. The fourth-order valence-corrected chi connectivity index (χ4v) is 4.06. The Morgan fingerprint density at radius 2 is 1.63 bits per heavy atom. The van der Waals surface area contributed by atoms with E-state index in [2.05, 4.69) is 23.5 Å². The van der Waals surface area contributed by atoms with Crippen molar-refractivity contribution < 1.29 is 9.59 Å². The lowest BCUT2D eigenvalue weighted by Crippen LogP contribution is -2.25. The van der Waals surface area contributed by atoms with Gasteiger partial charge in [0.05, 0.1) is 6.42 Å². The third kappa shape index (κ3) is 4.21. The monoisotopic (exact) mass is 362 g/mol. The number of amides is 2. The molecule has 0 atom stereocenters. The van der Waals surface area contributed by atoms with Crippen LogP contribution in [0.3, 0.4) is 0 Å². The van der Waals surface area contributed by atoms with Crippen LogP contribution >= 0.6 is 0 Å². The molecular weight excluding hydrogens is 336 g/mol. The van der Waals surface area contributed by atoms with E-state index in [0.717, 1.165) is 36.2 Å². The second kappa shape index (κ2) is 7.95. The summed E-state index contributed by atoms with van der Waals surface area (Å²) in [6.45, 7) is 1.31. The van der Waals surface area contributed by atoms with Crippen LogP contribution in [0.1, 0.15) is 47.9 Å². The summed E-state index contributed by atoms with van der Waals surface area (Å²) in [5.74, 6) is 0.241. The Labute approximate surface area is 160 Å². The standard InChI is InChI=1S/C23H26N2O2/c26-22(15-18-7-10-19-4-1-2-5-20(19)14-18)24-16-17-8-11-21(12-9-17)25-13-3-6-23(25)27/h7-12,14H,1-6,13,15-16H2,(H,24,26). The minimum atomic E-state index is 0.0459. The van der Waals surface area contributed by atoms with Crippen molar-refractivity contribution in [3.05, 3.63) is 64.7 Å². The van der Waals surface area contributed by atoms with Gasteiger partial charge >= 0.3 is 0 Å². The van der Waals surface area contributed by atoms with Crippen molar-refractivity contribution in [3.63, 3.8) is 0 Å². The first-order valence-corrected chi connectivity index (χ1v) is 9.96. The zero-order valence-electron chi connectivity index (χ0n) is 15.7. The number of aryl methyl sites for hydroxylation is 2. The van der Waals surface area contributed by atoms with Crippen LogP contribution in [0, 0.1) is 0 Å². The molecule has 2 aliphatic rings. The first-order valence-electron chi connectivity index (χ1n) is 9.96. The second-order valence-electron chi connectivity index (χ2n) is 7.58. The van der Waals surface area contributed by atoms with Gasteiger partial charge in [0.1, 0.15) is 0 Å². The molecule has 4 heteroatoms. The first-order chi connectivity index (χ1) is 13.2. The molecule has 1 aliphatic heterocycles. The fourth-order valence-electron chi connectivity index (χ4n) is 4.06. The van der Waals surface area contributed by atoms with Crippen LogP contribution in [0.25, 0.3) is 0 Å². The number of fused-ring (bicyclic) bond motifs is 1. The highest BCUT2D eigenvalue weighted by Crippen LogP contribution is 2.23. The van der Waals surface area contributed by atoms with Gasteiger partial charge in [0.2, 0.25) is 11.8 Å². The van der Waals surface area contributed by atoms with Crippen molar-refractivity contribution in [2.45, 2.75) is 51.5 Å². The number of anilines is 1. The average Bonchev–Trinajstić information content (AvgIpc) is 3.12. The molecule has 0 radical (unpaired) electrons. The Balaban J connectivity index is 1.31. The summed E-state index contributed by atoms with van der Waals surface area (Å²) in [4.78, 5) is 25.9. The summed E-state index contributed by atoms with van der Waals surface area (Å²) in [5.41, 5.74) is 5.95. The summed E-state index contributed by atoms with van der Waals surface area (Å²) >= 11 is 0. The third-order valence-electron chi connectivity index (χ3n) is 5.59. The van der Waals surface area contributed by atoms with Gasteiger partial charge in [0.15, 0.2) is 0 Å². The third-order valence-corrected chi connectivity index (χ3v) is 5.59. The minimum absolute atomic E-state index is 0.0459. The van der Waals surface area contributed by atoms with Gasteiger partial charge in [-0.1, -0.05) is 30.3 Å². The van der Waals surface area contributed by atoms with Crippen LogP contribution in [0.5, 0.6) is 0 Å². The molecule has 1 saturated heterocycles. The van der Waals surface area contributed by atoms with E-state index in [0.29, 0.717) is 19.4 Å². The second-order valence-corrected chi connectivity index (χ2v) is 7.58. The molecule has 0 aromatic heterocycles. The van der Waals surface area contributed by atoms with Crippen molar-refractivity contribution in [2.24, 2.45) is 0 Å². The van der Waals surface area contributed by atoms with Crippen LogP contribution in [-0.2, 0) is 35.4 Å². The number of rotatable bonds is 5. The van der Waals surface area contributed by atoms with Crippen molar-refractivity contribution in [1.82, 2.24) is 5.32 Å². The lowest BCUT2D eigenvalue weighted by Gasteiger charge is -2.17. The van der Waals surface area contributed by atoms with E-state index in [1.807, 2.05) is 29.2 Å². The van der Waals surface area contributed by atoms with Gasteiger partial charge in [-0.3, -0.25) is 9.59 Å². The summed E-state index contributed by atoms with van der Waals surface area (Å²) in [6.07, 6.45) is 6.82. The number of nitrogens with one attached hydrogen (secondary N) is 1. The molecule has 0 unspecified atom stereocenters. The molecule has 0 bridgehead atoms. The van der Waals surface area contributed by atoms with Gasteiger partial charge in [-0.05, 0) is 66.5 Å². The summed E-state index contributed by atoms with van der Waals surface area (Å²) < 4.78 is 0. The van der Waals surface area contributed by atoms with E-state index in [9.17, 15) is 9.59 Å². The van der Waals surface area contributed by atoms with E-state index in [4.69, 9.17) is 0 Å². The number of carbonyl (C=O) groups excluding carboxylic acids is 2. The normalized spacial score (nSPS) is 16.3. The number of hydrogen-bond acceptors (Lipinski definition) is 2. The van der Waals surface area contributed by atoms with Gasteiger partial charge in [0.25, 0.3) is 0 Å². The zero-order valence-corrected chi connectivity index (χ0v) is 15.7. The maximum atomic E-state index is 12.3. The summed E-state index contributed by atoms with van der Waals surface area (Å²) in [5, 5.41) is 3.01. The lowest BCUT2D eigenvalue weighted by molar-refractivity contribution is -0.120. The predicted octanol–water partition coefficient (Wildman–Crippen LogP) is 3.55. The topological polar surface area (TPSA) is 49.4 Å². The molecule has 140 valence electrons. The van der Waals surface area contributed by atoms with Crippen molar-refractivity contribution >= 4 is 17.5 Å². The molecular formula is C23H26N2O2. The molecule has 0 spiro atoms. The van der Waals surface area contributed by atoms with Crippen molar-refractivity contribution in [1.29, 1.82) is 0 Å². The van der Waals surface area contributed by atoms with Gasteiger partial charge in [-0.2, -0.15) is 0 Å². The van der Waals surface area contributed by atoms with Crippen molar-refractivity contribution in [3.8, 4) is 0 Å². The van der Waals surface area contributed by atoms with E-state index < -0.39 is 0 Å². The van der Waals surface area contributed by atoms with Crippen LogP contribution in [-0.4, -0.2) is 18.4 Å². The number of carbonyl (C=O) groups is 2. The average molecular weight is 362 g/mol. The SMILES string of the molecule is O=C(Cc1ccc2c(c1)CCCC2)NCc1ccc(N2CCCC2=O)cc1. The van der Waals surface area contributed by atoms with E-state index in [1.165, 1.54) is 30.4 Å². The first kappa shape index (κ1) is 17.8. The smallest absolute Gasteiger partial charge is 0.227 e. The van der Waals surface area contributed by atoms with Crippen LogP contribution < -0.4 is 10.2 Å². The number of benzene rings is 2. The maximum absolute atomic E-state index is 12.3. The molecule has 2 aromatic rings. The Morgan fingerprint density at radius 3 is 2.37 bits per heavy atom. The molecule has 1 heterocycles. The Bertz CT molecular complexity index is 842. The van der Waals surface area contributed by atoms with E-state index >= 15 is 0 Å². The van der Waals surface area contributed by atoms with Crippen LogP contribution in [0.15, 0.2) is 42.5 Å². The van der Waals surface area contributed by atoms with Crippen LogP contribution in [0.4, 0.5) is 5.69 Å². The zero-order chi connectivity index (χ0) is 18.6. The Hall–Kier alpha value is -2.62. The summed E-state index contributed by atoms with van der Waals surface area (Å²) in [6, 6.07) is 14.4. The maximum Gasteiger partial charge on any atom is 0.227 e. The van der Waals surface area contributed by atoms with E-state index in [-0.39, 0.29) is 11.8 Å². The van der Waals surface area contributed by atoms with Gasteiger partial charge in [-0.25, -0.2) is 0 Å². The number of nitrogens with zero attached hydrogens (tertiary/aromatic N) is 1. The minimum Gasteiger partial charge on any atom is -0.352 e. The van der Waals surface area contributed by atoms with Gasteiger partial charge in [-0.15, -0.1) is 0 Å². The summed E-state index contributed by atoms with van der Waals surface area (Å²) in [7, 11) is 0. The van der Waals surface area contributed by atoms with E-state index in [1.54, 1.807) is 0 Å². The van der Waals surface area contributed by atoms with Crippen LogP contribution in [0.2, 0.25) is 0 Å². The highest BCUT2D eigenvalue weighted by atomic mass is 16.2. The molecule has 1 aliphatic carbocycles. The molecule has 2 aromatic carbocycles.